The van der Waals surface area contributed by atoms with Crippen LogP contribution in [0.2, 0.25) is 0 Å². The van der Waals surface area contributed by atoms with Crippen molar-refractivity contribution in [3.05, 3.63) is 53.6 Å². The fourth-order valence-electron chi connectivity index (χ4n) is 1.99. The molecular weight excluding hydrogens is 314 g/mol. The third kappa shape index (κ3) is 3.48. The molecule has 22 heavy (non-hydrogen) atoms. The lowest BCUT2D eigenvalue weighted by Crippen LogP contribution is -2.04. The van der Waals surface area contributed by atoms with Crippen molar-refractivity contribution in [1.82, 2.24) is 0 Å². The van der Waals surface area contributed by atoms with Crippen LogP contribution < -0.4 is 0 Å². The number of rotatable bonds is 4. The number of carbonyl (C=O) groups is 1. The third-order valence-corrected chi connectivity index (χ3v) is 4.20. The fourth-order valence-corrected chi connectivity index (χ4v) is 2.62. The number of hydrogen-bond acceptors (Lipinski definition) is 3. The smallest absolute Gasteiger partial charge is 0.307 e. The number of carboxylic acids is 1. The quantitative estimate of drug-likeness (QED) is 0.937. The summed E-state index contributed by atoms with van der Waals surface area (Å²) in [6, 6.07) is 7.07. The van der Waals surface area contributed by atoms with Gasteiger partial charge in [0.15, 0.2) is 9.84 Å². The second-order valence-electron chi connectivity index (χ2n) is 4.79. The monoisotopic (exact) mass is 326 g/mol. The van der Waals surface area contributed by atoms with E-state index in [1.165, 1.54) is 24.3 Å². The van der Waals surface area contributed by atoms with Crippen molar-refractivity contribution in [2.45, 2.75) is 11.3 Å². The first-order chi connectivity index (χ1) is 10.2. The molecule has 0 aliphatic carbocycles. The standard InChI is InChI=1S/C15H12F2O4S/c1-22(20,21)11-4-2-9(3-5-11)12-8-13(16)10(6-14(12)17)7-15(18)19/h2-6,8H,7H2,1H3,(H,18,19). The SMILES string of the molecule is CS(=O)(=O)c1ccc(-c2cc(F)c(CC(=O)O)cc2F)cc1. The maximum atomic E-state index is 14.0. The van der Waals surface area contributed by atoms with Crippen molar-refractivity contribution in [2.24, 2.45) is 0 Å². The van der Waals surface area contributed by atoms with E-state index < -0.39 is 33.9 Å². The van der Waals surface area contributed by atoms with E-state index in [1.807, 2.05) is 0 Å². The van der Waals surface area contributed by atoms with Crippen LogP contribution in [0.15, 0.2) is 41.3 Å². The number of sulfone groups is 1. The van der Waals surface area contributed by atoms with Gasteiger partial charge in [-0.3, -0.25) is 4.79 Å². The summed E-state index contributed by atoms with van der Waals surface area (Å²) in [4.78, 5) is 10.6. The van der Waals surface area contributed by atoms with Gasteiger partial charge < -0.3 is 5.11 Å². The second-order valence-corrected chi connectivity index (χ2v) is 6.81. The molecule has 0 aliphatic rings. The highest BCUT2D eigenvalue weighted by Gasteiger charge is 2.14. The topological polar surface area (TPSA) is 71.4 Å². The van der Waals surface area contributed by atoms with Crippen molar-refractivity contribution in [2.75, 3.05) is 6.26 Å². The van der Waals surface area contributed by atoms with Gasteiger partial charge in [0.05, 0.1) is 11.3 Å². The van der Waals surface area contributed by atoms with Crippen LogP contribution in [-0.4, -0.2) is 25.7 Å². The van der Waals surface area contributed by atoms with Crippen LogP contribution in [0.5, 0.6) is 0 Å². The number of hydrogen-bond donors (Lipinski definition) is 1. The van der Waals surface area contributed by atoms with Crippen LogP contribution in [0.4, 0.5) is 8.78 Å². The van der Waals surface area contributed by atoms with E-state index in [0.29, 0.717) is 5.56 Å². The molecule has 0 amide bonds. The van der Waals surface area contributed by atoms with E-state index in [0.717, 1.165) is 18.4 Å². The lowest BCUT2D eigenvalue weighted by atomic mass is 10.0. The molecule has 0 heterocycles. The van der Waals surface area contributed by atoms with Gasteiger partial charge in [-0.25, -0.2) is 17.2 Å². The van der Waals surface area contributed by atoms with Crippen LogP contribution >= 0.6 is 0 Å². The maximum Gasteiger partial charge on any atom is 0.307 e. The molecule has 1 N–H and O–H groups in total. The highest BCUT2D eigenvalue weighted by Crippen LogP contribution is 2.27. The molecule has 0 atom stereocenters. The zero-order valence-corrected chi connectivity index (χ0v) is 12.3. The van der Waals surface area contributed by atoms with Crippen molar-refractivity contribution in [1.29, 1.82) is 0 Å². The minimum Gasteiger partial charge on any atom is -0.481 e. The summed E-state index contributed by atoms with van der Waals surface area (Å²) in [6.07, 6.45) is 0.430. The van der Waals surface area contributed by atoms with E-state index in [-0.39, 0.29) is 16.0 Å². The molecule has 0 bridgehead atoms. The van der Waals surface area contributed by atoms with Crippen molar-refractivity contribution in [3.8, 4) is 11.1 Å². The predicted molar refractivity (Wildman–Crippen MR) is 76.2 cm³/mol. The molecule has 7 heteroatoms. The number of halogens is 2. The van der Waals surface area contributed by atoms with Gasteiger partial charge in [0.25, 0.3) is 0 Å². The minimum absolute atomic E-state index is 0.0633. The molecule has 0 saturated carbocycles. The summed E-state index contributed by atoms with van der Waals surface area (Å²) in [5.41, 5.74) is -0.0149. The van der Waals surface area contributed by atoms with Gasteiger partial charge in [-0.15, -0.1) is 0 Å². The summed E-state index contributed by atoms with van der Waals surface area (Å²) in [6.45, 7) is 0. The van der Waals surface area contributed by atoms with Crippen LogP contribution in [0.25, 0.3) is 11.1 Å². The first-order valence-corrected chi connectivity index (χ1v) is 8.08. The van der Waals surface area contributed by atoms with Crippen molar-refractivity contribution in [3.63, 3.8) is 0 Å². The molecule has 0 radical (unpaired) electrons. The molecule has 0 aliphatic heterocycles. The molecule has 116 valence electrons. The zero-order valence-electron chi connectivity index (χ0n) is 11.5. The molecule has 0 spiro atoms. The summed E-state index contributed by atoms with van der Waals surface area (Å²) in [5.74, 6) is -2.86. The Bertz CT molecular complexity index is 827. The maximum absolute atomic E-state index is 14.0. The Balaban J connectivity index is 2.45. The number of benzene rings is 2. The lowest BCUT2D eigenvalue weighted by molar-refractivity contribution is -0.136. The zero-order chi connectivity index (χ0) is 16.5. The van der Waals surface area contributed by atoms with Crippen LogP contribution in [0, 0.1) is 11.6 Å². The van der Waals surface area contributed by atoms with Crippen LogP contribution in [-0.2, 0) is 21.1 Å². The molecular formula is C15H12F2O4S. The minimum atomic E-state index is -3.37. The van der Waals surface area contributed by atoms with E-state index >= 15 is 0 Å². The number of aliphatic carboxylic acids is 1. The third-order valence-electron chi connectivity index (χ3n) is 3.07. The van der Waals surface area contributed by atoms with Gasteiger partial charge in [0.1, 0.15) is 11.6 Å². The average Bonchev–Trinajstić information content (AvgIpc) is 2.41. The van der Waals surface area contributed by atoms with E-state index in [1.54, 1.807) is 0 Å². The molecule has 0 aromatic heterocycles. The van der Waals surface area contributed by atoms with Gasteiger partial charge >= 0.3 is 5.97 Å². The van der Waals surface area contributed by atoms with Gasteiger partial charge in [0.2, 0.25) is 0 Å². The van der Waals surface area contributed by atoms with Gasteiger partial charge in [-0.1, -0.05) is 12.1 Å². The Morgan fingerprint density at radius 2 is 1.68 bits per heavy atom. The molecule has 4 nitrogen and oxygen atoms in total. The highest BCUT2D eigenvalue weighted by molar-refractivity contribution is 7.90. The summed E-state index contributed by atoms with van der Waals surface area (Å²) in [7, 11) is -3.37. The van der Waals surface area contributed by atoms with Gasteiger partial charge in [-0.2, -0.15) is 0 Å². The highest BCUT2D eigenvalue weighted by atomic mass is 32.2. The first-order valence-electron chi connectivity index (χ1n) is 6.18. The van der Waals surface area contributed by atoms with E-state index in [9.17, 15) is 22.0 Å². The predicted octanol–water partition coefficient (Wildman–Crippen LogP) is 2.66. The fraction of sp³-hybridized carbons (Fsp3) is 0.133. The molecule has 0 unspecified atom stereocenters. The average molecular weight is 326 g/mol. The first kappa shape index (κ1) is 16.1. The lowest BCUT2D eigenvalue weighted by Gasteiger charge is -2.08. The van der Waals surface area contributed by atoms with Gasteiger partial charge in [-0.05, 0) is 29.8 Å². The normalized spacial score (nSPS) is 11.4. The Morgan fingerprint density at radius 3 is 2.18 bits per heavy atom. The summed E-state index contributed by atoms with van der Waals surface area (Å²) < 4.78 is 50.6. The van der Waals surface area contributed by atoms with Crippen molar-refractivity contribution < 1.29 is 27.1 Å². The largest absolute Gasteiger partial charge is 0.481 e. The Morgan fingerprint density at radius 1 is 1.09 bits per heavy atom. The van der Waals surface area contributed by atoms with Gasteiger partial charge in [0, 0.05) is 17.4 Å². The van der Waals surface area contributed by atoms with Crippen LogP contribution in [0.3, 0.4) is 0 Å². The molecule has 0 saturated heterocycles. The molecule has 2 aromatic rings. The molecule has 2 rings (SSSR count). The Labute approximate surface area is 125 Å². The summed E-state index contributed by atoms with van der Waals surface area (Å²) >= 11 is 0. The Kier molecular flexibility index (Phi) is 4.27. The second kappa shape index (κ2) is 5.84. The number of carboxylic acid groups (broad SMARTS) is 1. The van der Waals surface area contributed by atoms with E-state index in [4.69, 9.17) is 5.11 Å². The van der Waals surface area contributed by atoms with E-state index in [2.05, 4.69) is 0 Å². The molecule has 2 aromatic carbocycles. The summed E-state index contributed by atoms with van der Waals surface area (Å²) in [5, 5.41) is 8.63. The van der Waals surface area contributed by atoms with Crippen molar-refractivity contribution >= 4 is 15.8 Å². The molecule has 0 fully saturated rings. The Hall–Kier alpha value is -2.28. The van der Waals surface area contributed by atoms with Crippen LogP contribution in [0.1, 0.15) is 5.56 Å².